The van der Waals surface area contributed by atoms with Gasteiger partial charge in [-0.3, -0.25) is 14.7 Å². The first-order valence-corrected chi connectivity index (χ1v) is 8.57. The van der Waals surface area contributed by atoms with Gasteiger partial charge in [-0.1, -0.05) is 6.92 Å². The number of ether oxygens (including phenoxy) is 1. The fraction of sp³-hybridized carbons (Fsp3) is 0.786. The van der Waals surface area contributed by atoms with Gasteiger partial charge in [0.25, 0.3) is 0 Å². The number of amides is 2. The number of carbonyl (C=O) groups excluding carboxylic acids is 3. The van der Waals surface area contributed by atoms with E-state index in [2.05, 4.69) is 10.4 Å². The van der Waals surface area contributed by atoms with Crippen molar-refractivity contribution in [3.8, 4) is 0 Å². The lowest BCUT2D eigenvalue weighted by molar-refractivity contribution is -0.136. The van der Waals surface area contributed by atoms with Crippen molar-refractivity contribution < 1.29 is 23.6 Å². The first kappa shape index (κ1) is 20.0. The fourth-order valence-corrected chi connectivity index (χ4v) is 2.94. The van der Waals surface area contributed by atoms with E-state index in [0.29, 0.717) is 13.2 Å². The van der Waals surface area contributed by atoms with Crippen molar-refractivity contribution in [3.63, 3.8) is 0 Å². The Kier molecular flexibility index (Phi) is 9.24. The number of hydrogen-bond donors (Lipinski definition) is 2. The quantitative estimate of drug-likeness (QED) is 0.311. The maximum atomic E-state index is 11.3. The van der Waals surface area contributed by atoms with Crippen LogP contribution in [0.15, 0.2) is 0 Å². The molecule has 5 atom stereocenters. The molecule has 1 aliphatic rings. The molecule has 0 aromatic rings. The zero-order valence-corrected chi connectivity index (χ0v) is 14.8. The van der Waals surface area contributed by atoms with Crippen molar-refractivity contribution in [2.75, 3.05) is 20.2 Å². The number of rotatable bonds is 11. The second-order valence-electron chi connectivity index (χ2n) is 5.61. The maximum absolute atomic E-state index is 11.3. The molecule has 0 spiro atoms. The molecule has 1 heterocycles. The van der Waals surface area contributed by atoms with E-state index >= 15 is 0 Å². The molecule has 2 amide bonds. The Morgan fingerprint density at radius 2 is 2.26 bits per heavy atom. The second kappa shape index (κ2) is 10.6. The molecule has 8 nitrogen and oxygen atoms in total. The van der Waals surface area contributed by atoms with Crippen LogP contribution in [0.3, 0.4) is 0 Å². The summed E-state index contributed by atoms with van der Waals surface area (Å²) in [6.07, 6.45) is 2.13. The molecule has 1 aliphatic heterocycles. The van der Waals surface area contributed by atoms with Gasteiger partial charge >= 0.3 is 0 Å². The third-order valence-corrected chi connectivity index (χ3v) is 4.51. The Morgan fingerprint density at radius 1 is 1.52 bits per heavy atom. The van der Waals surface area contributed by atoms with Gasteiger partial charge < -0.3 is 24.3 Å². The molecule has 23 heavy (non-hydrogen) atoms. The normalized spacial score (nSPS) is 25.4. The molecule has 1 saturated heterocycles. The monoisotopic (exact) mass is 347 g/mol. The summed E-state index contributed by atoms with van der Waals surface area (Å²) >= 11 is 0. The zero-order valence-electron chi connectivity index (χ0n) is 13.8. The Labute approximate surface area is 138 Å². The lowest BCUT2D eigenvalue weighted by atomic mass is 10.1. The molecule has 1 fully saturated rings. The summed E-state index contributed by atoms with van der Waals surface area (Å²) in [6.45, 7) is 4.49. The molecule has 0 radical (unpaired) electrons. The van der Waals surface area contributed by atoms with Crippen molar-refractivity contribution in [1.82, 2.24) is 15.3 Å². The molecule has 0 aromatic heterocycles. The minimum absolute atomic E-state index is 0.0245. The summed E-state index contributed by atoms with van der Waals surface area (Å²) in [6, 6.07) is -0.236. The van der Waals surface area contributed by atoms with E-state index in [4.69, 9.17) is 9.26 Å². The summed E-state index contributed by atoms with van der Waals surface area (Å²) < 4.78 is 11.3. The molecule has 2 N–H and O–H groups in total. The number of carbonyl (C=O) groups is 3. The van der Waals surface area contributed by atoms with E-state index in [1.807, 2.05) is 6.92 Å². The van der Waals surface area contributed by atoms with E-state index < -0.39 is 0 Å². The van der Waals surface area contributed by atoms with Crippen molar-refractivity contribution in [3.05, 3.63) is 0 Å². The van der Waals surface area contributed by atoms with Crippen LogP contribution in [0.2, 0.25) is 0 Å². The largest absolute Gasteiger partial charge is 0.359 e. The van der Waals surface area contributed by atoms with Crippen LogP contribution < -0.4 is 10.4 Å². The highest BCUT2D eigenvalue weighted by Crippen LogP contribution is 2.29. The minimum atomic E-state index is -0.337. The molecule has 9 heteroatoms. The Balaban J connectivity index is 2.36. The van der Waals surface area contributed by atoms with Crippen LogP contribution in [0.5, 0.6) is 0 Å². The van der Waals surface area contributed by atoms with Gasteiger partial charge in [0.05, 0.1) is 27.7 Å². The molecular weight excluding hydrogens is 321 g/mol. The van der Waals surface area contributed by atoms with Crippen LogP contribution in [0, 0.1) is 5.92 Å². The number of hydrogen-bond acceptors (Lipinski definition) is 6. The summed E-state index contributed by atoms with van der Waals surface area (Å²) in [5, 5.41) is 5.45. The highest BCUT2D eigenvalue weighted by molar-refractivity contribution is 7.29. The van der Waals surface area contributed by atoms with Crippen LogP contribution in [-0.4, -0.2) is 62.1 Å². The predicted molar refractivity (Wildman–Crippen MR) is 86.8 cm³/mol. The highest BCUT2D eigenvalue weighted by Gasteiger charge is 2.36. The van der Waals surface area contributed by atoms with E-state index in [1.165, 1.54) is 4.90 Å². The summed E-state index contributed by atoms with van der Waals surface area (Å²) in [5.41, 5.74) is 0. The van der Waals surface area contributed by atoms with Gasteiger partial charge in [0.2, 0.25) is 12.3 Å². The van der Waals surface area contributed by atoms with Gasteiger partial charge in [-0.2, -0.15) is 0 Å². The molecule has 1 rings (SSSR count). The summed E-state index contributed by atoms with van der Waals surface area (Å²) in [5.74, 6) is 0.0580. The van der Waals surface area contributed by atoms with Gasteiger partial charge in [-0.25, -0.2) is 0 Å². The Hall–Kier alpha value is -1.08. The molecule has 132 valence electrons. The Morgan fingerprint density at radius 3 is 2.87 bits per heavy atom. The van der Waals surface area contributed by atoms with E-state index in [-0.39, 0.29) is 45.6 Å². The third-order valence-electron chi connectivity index (χ3n) is 3.62. The van der Waals surface area contributed by atoms with Gasteiger partial charge in [-0.15, -0.1) is 0 Å². The molecular formula is C14H26N3O5P. The molecule has 0 saturated carbocycles. The van der Waals surface area contributed by atoms with Gasteiger partial charge in [0.15, 0.2) is 0 Å². The van der Waals surface area contributed by atoms with E-state index in [1.54, 1.807) is 14.0 Å². The molecule has 5 unspecified atom stereocenters. The van der Waals surface area contributed by atoms with Gasteiger partial charge in [0, 0.05) is 25.9 Å². The SMILES string of the molecule is CNC(=O)CCN(C=O)C1OC(COPNC(C)C=O)CC1C. The molecule has 0 aliphatic carbocycles. The average Bonchev–Trinajstić information content (AvgIpc) is 2.92. The predicted octanol–water partition coefficient (Wildman–Crippen LogP) is 0.0341. The second-order valence-corrected chi connectivity index (χ2v) is 6.39. The number of nitrogens with one attached hydrogen (secondary N) is 2. The number of nitrogens with zero attached hydrogens (tertiary/aromatic N) is 1. The van der Waals surface area contributed by atoms with Crippen molar-refractivity contribution in [1.29, 1.82) is 0 Å². The van der Waals surface area contributed by atoms with Crippen LogP contribution in [0.1, 0.15) is 26.7 Å². The van der Waals surface area contributed by atoms with E-state index in [9.17, 15) is 14.4 Å². The van der Waals surface area contributed by atoms with Crippen molar-refractivity contribution >= 4 is 27.6 Å². The lowest BCUT2D eigenvalue weighted by Gasteiger charge is -2.27. The standard InChI is InChI=1S/C14H26N3O5P/c1-10-6-12(8-21-23-16-11(2)7-18)22-14(10)17(9-19)5-4-13(20)15-3/h7,9-12,14,16,23H,4-6,8H2,1-3H3,(H,15,20). The minimum Gasteiger partial charge on any atom is -0.359 e. The highest BCUT2D eigenvalue weighted by atomic mass is 31.1. The third kappa shape index (κ3) is 6.91. The topological polar surface area (TPSA) is 97.0 Å². The zero-order chi connectivity index (χ0) is 17.2. The van der Waals surface area contributed by atoms with Gasteiger partial charge in [0.1, 0.15) is 12.5 Å². The maximum Gasteiger partial charge on any atom is 0.221 e. The molecule has 0 aromatic carbocycles. The van der Waals surface area contributed by atoms with Crippen LogP contribution in [-0.2, 0) is 23.6 Å². The Bertz CT molecular complexity index is 399. The average molecular weight is 347 g/mol. The van der Waals surface area contributed by atoms with Crippen LogP contribution in [0.25, 0.3) is 0 Å². The lowest BCUT2D eigenvalue weighted by Crippen LogP contribution is -2.40. The van der Waals surface area contributed by atoms with E-state index in [0.717, 1.165) is 19.1 Å². The van der Waals surface area contributed by atoms with Crippen LogP contribution in [0.4, 0.5) is 0 Å². The molecule has 0 bridgehead atoms. The smallest absolute Gasteiger partial charge is 0.221 e. The number of aldehydes is 1. The summed E-state index contributed by atoms with van der Waals surface area (Å²) in [4.78, 5) is 34.6. The van der Waals surface area contributed by atoms with Crippen molar-refractivity contribution in [2.45, 2.75) is 45.1 Å². The first-order valence-electron chi connectivity index (χ1n) is 7.66. The summed E-state index contributed by atoms with van der Waals surface area (Å²) in [7, 11) is 1.59. The van der Waals surface area contributed by atoms with Gasteiger partial charge in [-0.05, 0) is 13.3 Å². The fourth-order valence-electron chi connectivity index (χ4n) is 2.33. The van der Waals surface area contributed by atoms with Crippen LogP contribution >= 0.6 is 8.96 Å². The van der Waals surface area contributed by atoms with Crippen molar-refractivity contribution in [2.24, 2.45) is 5.92 Å². The first-order chi connectivity index (χ1) is 11.0.